The van der Waals surface area contributed by atoms with Gasteiger partial charge in [0.1, 0.15) is 11.6 Å². The molecule has 0 aliphatic carbocycles. The molecular weight excluding hydrogens is 366 g/mol. The highest BCUT2D eigenvalue weighted by molar-refractivity contribution is 7.89. The van der Waals surface area contributed by atoms with Crippen molar-refractivity contribution < 1.29 is 8.42 Å². The Balaban J connectivity index is 1.59. The quantitative estimate of drug-likeness (QED) is 0.588. The van der Waals surface area contributed by atoms with E-state index >= 15 is 0 Å². The molecule has 0 radical (unpaired) electrons. The van der Waals surface area contributed by atoms with Crippen LogP contribution in [0.4, 0.5) is 5.82 Å². The predicted octanol–water partition coefficient (Wildman–Crippen LogP) is 1.23. The fourth-order valence-electron chi connectivity index (χ4n) is 2.33. The van der Waals surface area contributed by atoms with Crippen molar-refractivity contribution in [3.8, 4) is 11.9 Å². The van der Waals surface area contributed by atoms with Crippen molar-refractivity contribution in [3.63, 3.8) is 0 Å². The summed E-state index contributed by atoms with van der Waals surface area (Å²) in [7, 11) is -3.64. The number of sulfonamides is 1. The zero-order valence-electron chi connectivity index (χ0n) is 14.5. The number of rotatable bonds is 7. The maximum atomic E-state index is 12.2. The maximum Gasteiger partial charge on any atom is 0.240 e. The van der Waals surface area contributed by atoms with Crippen LogP contribution in [0.15, 0.2) is 53.7 Å². The molecule has 0 saturated carbocycles. The third kappa shape index (κ3) is 4.66. The minimum atomic E-state index is -3.64. The fraction of sp³-hybridized carbons (Fsp3) is 0.176. The van der Waals surface area contributed by atoms with Crippen LogP contribution in [0.25, 0.3) is 5.82 Å². The normalized spacial score (nSPS) is 11.1. The van der Waals surface area contributed by atoms with Gasteiger partial charge in [-0.15, -0.1) is 0 Å². The average Bonchev–Trinajstić information content (AvgIpc) is 3.20. The first kappa shape index (κ1) is 18.5. The molecule has 3 rings (SSSR count). The minimum Gasteiger partial charge on any atom is -0.369 e. The molecule has 0 spiro atoms. The maximum absolute atomic E-state index is 12.2. The van der Waals surface area contributed by atoms with E-state index in [0.29, 0.717) is 29.6 Å². The Kier molecular flexibility index (Phi) is 5.44. The number of nitrogens with one attached hydrogen (secondary N) is 2. The van der Waals surface area contributed by atoms with E-state index < -0.39 is 10.0 Å². The predicted molar refractivity (Wildman–Crippen MR) is 98.7 cm³/mol. The Bertz CT molecular complexity index is 1060. The van der Waals surface area contributed by atoms with E-state index in [4.69, 9.17) is 5.26 Å². The van der Waals surface area contributed by atoms with Gasteiger partial charge < -0.3 is 5.32 Å². The van der Waals surface area contributed by atoms with E-state index in [0.717, 1.165) is 0 Å². The van der Waals surface area contributed by atoms with Crippen molar-refractivity contribution in [2.24, 2.45) is 0 Å². The zero-order valence-corrected chi connectivity index (χ0v) is 15.3. The van der Waals surface area contributed by atoms with Crippen LogP contribution in [0, 0.1) is 18.3 Å². The van der Waals surface area contributed by atoms with Crippen LogP contribution >= 0.6 is 0 Å². The molecule has 0 bridgehead atoms. The van der Waals surface area contributed by atoms with Gasteiger partial charge in [0.2, 0.25) is 10.0 Å². The molecule has 0 unspecified atom stereocenters. The summed E-state index contributed by atoms with van der Waals surface area (Å²) < 4.78 is 28.6. The second-order valence-electron chi connectivity index (χ2n) is 5.57. The smallest absolute Gasteiger partial charge is 0.240 e. The van der Waals surface area contributed by atoms with Gasteiger partial charge >= 0.3 is 0 Å². The number of hydrogen-bond donors (Lipinski definition) is 2. The lowest BCUT2D eigenvalue weighted by Crippen LogP contribution is -2.29. The number of anilines is 1. The number of benzene rings is 1. The highest BCUT2D eigenvalue weighted by atomic mass is 32.2. The minimum absolute atomic E-state index is 0.111. The van der Waals surface area contributed by atoms with E-state index in [1.165, 1.54) is 24.3 Å². The summed E-state index contributed by atoms with van der Waals surface area (Å²) in [6.45, 7) is 2.28. The molecule has 3 aromatic rings. The summed E-state index contributed by atoms with van der Waals surface area (Å²) >= 11 is 0. The topological polar surface area (TPSA) is 126 Å². The van der Waals surface area contributed by atoms with E-state index in [-0.39, 0.29) is 11.4 Å². The molecule has 1 aromatic carbocycles. The van der Waals surface area contributed by atoms with Crippen LogP contribution in [-0.4, -0.2) is 41.3 Å². The summed E-state index contributed by atoms with van der Waals surface area (Å²) in [4.78, 5) is 8.71. The van der Waals surface area contributed by atoms with Crippen molar-refractivity contribution >= 4 is 15.8 Å². The first-order chi connectivity index (χ1) is 13.0. The number of aromatic nitrogens is 4. The van der Waals surface area contributed by atoms with Gasteiger partial charge in [-0.05, 0) is 37.3 Å². The molecule has 2 aromatic heterocycles. The third-order valence-electron chi connectivity index (χ3n) is 3.58. The van der Waals surface area contributed by atoms with Crippen molar-refractivity contribution in [2.75, 3.05) is 18.4 Å². The summed E-state index contributed by atoms with van der Waals surface area (Å²) in [6, 6.07) is 11.2. The second kappa shape index (κ2) is 7.94. The molecule has 0 saturated heterocycles. The van der Waals surface area contributed by atoms with Crippen molar-refractivity contribution in [2.45, 2.75) is 11.8 Å². The van der Waals surface area contributed by atoms with Gasteiger partial charge in [-0.3, -0.25) is 0 Å². The Hall–Kier alpha value is -3.29. The van der Waals surface area contributed by atoms with Gasteiger partial charge in [-0.25, -0.2) is 27.8 Å². The Morgan fingerprint density at radius 3 is 2.63 bits per heavy atom. The fourth-order valence-corrected chi connectivity index (χ4v) is 3.36. The van der Waals surface area contributed by atoms with Gasteiger partial charge in [-0.2, -0.15) is 10.4 Å². The Labute approximate surface area is 156 Å². The molecule has 0 amide bonds. The van der Waals surface area contributed by atoms with Crippen LogP contribution < -0.4 is 10.0 Å². The van der Waals surface area contributed by atoms with Crippen LogP contribution in [0.3, 0.4) is 0 Å². The van der Waals surface area contributed by atoms with Gasteiger partial charge in [-0.1, -0.05) is 0 Å². The summed E-state index contributed by atoms with van der Waals surface area (Å²) in [5.41, 5.74) is 0.405. The van der Waals surface area contributed by atoms with Crippen molar-refractivity contribution in [1.29, 1.82) is 5.26 Å². The van der Waals surface area contributed by atoms with Crippen molar-refractivity contribution in [1.82, 2.24) is 24.5 Å². The molecule has 0 fully saturated rings. The molecule has 0 aliphatic rings. The Morgan fingerprint density at radius 2 is 1.96 bits per heavy atom. The number of nitriles is 1. The molecule has 2 heterocycles. The highest BCUT2D eigenvalue weighted by Gasteiger charge is 2.13. The lowest BCUT2D eigenvalue weighted by atomic mass is 10.2. The Morgan fingerprint density at radius 1 is 1.19 bits per heavy atom. The first-order valence-corrected chi connectivity index (χ1v) is 9.56. The van der Waals surface area contributed by atoms with Gasteiger partial charge in [0.05, 0.1) is 16.5 Å². The first-order valence-electron chi connectivity index (χ1n) is 8.07. The largest absolute Gasteiger partial charge is 0.369 e. The van der Waals surface area contributed by atoms with Crippen LogP contribution in [0.2, 0.25) is 0 Å². The van der Waals surface area contributed by atoms with Crippen LogP contribution in [0.1, 0.15) is 11.4 Å². The lowest BCUT2D eigenvalue weighted by molar-refractivity contribution is 0.583. The SMILES string of the molecule is Cc1nc(NCCNS(=O)(=O)c2ccc(C#N)cc2)cc(-n2cccn2)n1. The molecule has 138 valence electrons. The lowest BCUT2D eigenvalue weighted by Gasteiger charge is -2.10. The summed E-state index contributed by atoms with van der Waals surface area (Å²) in [5.74, 6) is 1.77. The van der Waals surface area contributed by atoms with Gasteiger partial charge in [0.25, 0.3) is 0 Å². The molecule has 27 heavy (non-hydrogen) atoms. The molecule has 9 nitrogen and oxygen atoms in total. The van der Waals surface area contributed by atoms with Crippen LogP contribution in [-0.2, 0) is 10.0 Å². The van der Waals surface area contributed by atoms with E-state index in [2.05, 4.69) is 25.1 Å². The van der Waals surface area contributed by atoms with E-state index in [1.54, 1.807) is 36.1 Å². The zero-order chi connectivity index (χ0) is 19.3. The second-order valence-corrected chi connectivity index (χ2v) is 7.34. The van der Waals surface area contributed by atoms with E-state index in [1.807, 2.05) is 6.07 Å². The van der Waals surface area contributed by atoms with Gasteiger partial charge in [0.15, 0.2) is 5.82 Å². The highest BCUT2D eigenvalue weighted by Crippen LogP contribution is 2.11. The van der Waals surface area contributed by atoms with Crippen molar-refractivity contribution in [3.05, 3.63) is 60.2 Å². The third-order valence-corrected chi connectivity index (χ3v) is 5.06. The number of hydrogen-bond acceptors (Lipinski definition) is 7. The molecule has 0 aliphatic heterocycles. The summed E-state index contributed by atoms with van der Waals surface area (Å²) in [5, 5.41) is 16.0. The molecule has 10 heteroatoms. The van der Waals surface area contributed by atoms with Crippen LogP contribution in [0.5, 0.6) is 0 Å². The summed E-state index contributed by atoms with van der Waals surface area (Å²) in [6.07, 6.45) is 3.43. The molecule has 0 atom stereocenters. The van der Waals surface area contributed by atoms with E-state index in [9.17, 15) is 8.42 Å². The average molecular weight is 383 g/mol. The standard InChI is InChI=1S/C17H17N7O2S/c1-13-22-16(11-17(23-13)24-10-2-7-20-24)19-8-9-21-27(25,26)15-5-3-14(12-18)4-6-15/h2-7,10-11,21H,8-9H2,1H3,(H,19,22,23). The van der Waals surface area contributed by atoms with Gasteiger partial charge in [0, 0.05) is 31.5 Å². The monoisotopic (exact) mass is 383 g/mol. The molecular formula is C17H17N7O2S. The molecule has 2 N–H and O–H groups in total. The number of aryl methyl sites for hydroxylation is 1. The number of nitrogens with zero attached hydrogens (tertiary/aromatic N) is 5.